The Morgan fingerprint density at radius 3 is 2.55 bits per heavy atom. The highest BCUT2D eigenvalue weighted by atomic mass is 16.5. The van der Waals surface area contributed by atoms with Crippen LogP contribution in [0.3, 0.4) is 0 Å². The first-order chi connectivity index (χ1) is 9.58. The average molecular weight is 275 g/mol. The second-order valence-electron chi connectivity index (χ2n) is 5.78. The van der Waals surface area contributed by atoms with E-state index in [9.17, 15) is 9.59 Å². The van der Waals surface area contributed by atoms with Crippen LogP contribution in [0.4, 0.5) is 4.79 Å². The van der Waals surface area contributed by atoms with Crippen LogP contribution in [0.25, 0.3) is 0 Å². The number of carboxylic acid groups (broad SMARTS) is 1. The number of carboxylic acids is 1. The summed E-state index contributed by atoms with van der Waals surface area (Å²) in [7, 11) is 0. The fourth-order valence-corrected chi connectivity index (χ4v) is 3.40. The molecule has 5 heteroatoms. The Bertz CT molecular complexity index is 522. The minimum absolute atomic E-state index is 0.210. The molecule has 0 spiro atoms. The van der Waals surface area contributed by atoms with Crippen LogP contribution in [0.2, 0.25) is 0 Å². The monoisotopic (exact) mass is 275 g/mol. The summed E-state index contributed by atoms with van der Waals surface area (Å²) in [5, 5.41) is 11.9. The zero-order chi connectivity index (χ0) is 14.2. The Kier molecular flexibility index (Phi) is 3.12. The van der Waals surface area contributed by atoms with Crippen molar-refractivity contribution in [1.82, 2.24) is 5.32 Å². The molecule has 0 aliphatic heterocycles. The van der Waals surface area contributed by atoms with Crippen molar-refractivity contribution in [2.75, 3.05) is 0 Å². The average Bonchev–Trinajstić information content (AvgIpc) is 2.93. The van der Waals surface area contributed by atoms with Gasteiger partial charge in [-0.15, -0.1) is 0 Å². The van der Waals surface area contributed by atoms with Gasteiger partial charge in [0.2, 0.25) is 0 Å². The molecule has 4 rings (SSSR count). The molecule has 3 aliphatic carbocycles. The summed E-state index contributed by atoms with van der Waals surface area (Å²) in [6, 6.07) is 9.46. The van der Waals surface area contributed by atoms with Crippen molar-refractivity contribution in [1.29, 1.82) is 0 Å². The summed E-state index contributed by atoms with van der Waals surface area (Å²) in [5.74, 6) is -0.861. The van der Waals surface area contributed by atoms with E-state index in [1.54, 1.807) is 0 Å². The van der Waals surface area contributed by atoms with Gasteiger partial charge in [0.1, 0.15) is 6.61 Å². The summed E-state index contributed by atoms with van der Waals surface area (Å²) in [6.45, 7) is 0.231. The Labute approximate surface area is 116 Å². The number of carbonyl (C=O) groups excluding carboxylic acids is 1. The van der Waals surface area contributed by atoms with Gasteiger partial charge in [-0.05, 0) is 30.7 Å². The molecule has 0 radical (unpaired) electrons. The maximum Gasteiger partial charge on any atom is 0.407 e. The van der Waals surface area contributed by atoms with Gasteiger partial charge in [0.15, 0.2) is 0 Å². The van der Waals surface area contributed by atoms with Crippen LogP contribution in [0, 0.1) is 11.8 Å². The predicted molar refractivity (Wildman–Crippen MR) is 71.0 cm³/mol. The number of benzene rings is 1. The molecule has 0 aromatic heterocycles. The molecular weight excluding hydrogens is 258 g/mol. The van der Waals surface area contributed by atoms with Gasteiger partial charge in [0, 0.05) is 5.54 Å². The SMILES string of the molecule is O=C(NC12CC(C1)C(C(=O)O)C2)OCc1ccccc1. The number of hydrogen-bond acceptors (Lipinski definition) is 3. The topological polar surface area (TPSA) is 75.6 Å². The van der Waals surface area contributed by atoms with Crippen molar-refractivity contribution in [3.8, 4) is 0 Å². The summed E-state index contributed by atoms with van der Waals surface area (Å²) in [5.41, 5.74) is 0.586. The fourth-order valence-electron chi connectivity index (χ4n) is 3.40. The van der Waals surface area contributed by atoms with Crippen LogP contribution < -0.4 is 5.32 Å². The first kappa shape index (κ1) is 13.0. The van der Waals surface area contributed by atoms with E-state index in [0.29, 0.717) is 6.42 Å². The van der Waals surface area contributed by atoms with E-state index in [4.69, 9.17) is 9.84 Å². The van der Waals surface area contributed by atoms with E-state index < -0.39 is 12.1 Å². The largest absolute Gasteiger partial charge is 0.481 e. The van der Waals surface area contributed by atoms with E-state index in [0.717, 1.165) is 18.4 Å². The van der Waals surface area contributed by atoms with Crippen molar-refractivity contribution in [3.05, 3.63) is 35.9 Å². The third kappa shape index (κ3) is 2.35. The molecule has 3 aliphatic rings. The number of hydrogen-bond donors (Lipinski definition) is 2. The quantitative estimate of drug-likeness (QED) is 0.883. The summed E-state index contributed by atoms with van der Waals surface area (Å²) in [6.07, 6.45) is 1.57. The van der Waals surface area contributed by atoms with E-state index in [1.807, 2.05) is 30.3 Å². The fraction of sp³-hybridized carbons (Fsp3) is 0.467. The summed E-state index contributed by atoms with van der Waals surface area (Å²) in [4.78, 5) is 22.8. The minimum atomic E-state index is -0.756. The lowest BCUT2D eigenvalue weighted by molar-refractivity contribution is -0.142. The van der Waals surface area contributed by atoms with Gasteiger partial charge in [0.05, 0.1) is 5.92 Å². The molecule has 5 nitrogen and oxygen atoms in total. The van der Waals surface area contributed by atoms with Crippen LogP contribution in [0.15, 0.2) is 30.3 Å². The van der Waals surface area contributed by atoms with E-state index in [2.05, 4.69) is 5.32 Å². The third-order valence-corrected chi connectivity index (χ3v) is 4.38. The standard InChI is InChI=1S/C15H17NO4/c17-13(18)12-8-15(6-11(12)7-15)16-14(19)20-9-10-4-2-1-3-5-10/h1-5,11-12H,6-9H2,(H,16,19)(H,17,18). The Morgan fingerprint density at radius 2 is 1.95 bits per heavy atom. The predicted octanol–water partition coefficient (Wildman–Crippen LogP) is 2.17. The zero-order valence-electron chi connectivity index (χ0n) is 11.0. The molecule has 0 saturated heterocycles. The van der Waals surface area contributed by atoms with Gasteiger partial charge in [0.25, 0.3) is 0 Å². The Balaban J connectivity index is 1.50. The third-order valence-electron chi connectivity index (χ3n) is 4.38. The van der Waals surface area contributed by atoms with Crippen molar-refractivity contribution in [2.24, 2.45) is 11.8 Å². The molecule has 1 aromatic rings. The van der Waals surface area contributed by atoms with Crippen LogP contribution >= 0.6 is 0 Å². The van der Waals surface area contributed by atoms with Gasteiger partial charge in [-0.3, -0.25) is 4.79 Å². The van der Waals surface area contributed by atoms with Gasteiger partial charge in [-0.25, -0.2) is 4.79 Å². The van der Waals surface area contributed by atoms with Crippen molar-refractivity contribution >= 4 is 12.1 Å². The van der Waals surface area contributed by atoms with Crippen molar-refractivity contribution < 1.29 is 19.4 Å². The molecule has 3 fully saturated rings. The van der Waals surface area contributed by atoms with Crippen LogP contribution in [-0.2, 0) is 16.1 Å². The minimum Gasteiger partial charge on any atom is -0.481 e. The van der Waals surface area contributed by atoms with Crippen molar-refractivity contribution in [2.45, 2.75) is 31.4 Å². The zero-order valence-corrected chi connectivity index (χ0v) is 11.0. The highest BCUT2D eigenvalue weighted by Gasteiger charge is 2.59. The molecule has 106 valence electrons. The molecule has 1 amide bonds. The number of fused-ring (bicyclic) bond motifs is 1. The smallest absolute Gasteiger partial charge is 0.407 e. The maximum atomic E-state index is 11.8. The van der Waals surface area contributed by atoms with Gasteiger partial charge >= 0.3 is 12.1 Å². The first-order valence-electron chi connectivity index (χ1n) is 6.80. The first-order valence-corrected chi connectivity index (χ1v) is 6.80. The molecule has 3 saturated carbocycles. The number of ether oxygens (including phenoxy) is 1. The number of carbonyl (C=O) groups is 2. The normalized spacial score (nSPS) is 30.4. The summed E-state index contributed by atoms with van der Waals surface area (Å²) < 4.78 is 5.18. The van der Waals surface area contributed by atoms with Crippen molar-refractivity contribution in [3.63, 3.8) is 0 Å². The van der Waals surface area contributed by atoms with Crippen LogP contribution in [-0.4, -0.2) is 22.7 Å². The second kappa shape index (κ2) is 4.81. The van der Waals surface area contributed by atoms with Gasteiger partial charge in [-0.2, -0.15) is 0 Å². The molecule has 2 N–H and O–H groups in total. The highest BCUT2D eigenvalue weighted by molar-refractivity contribution is 5.74. The van der Waals surface area contributed by atoms with Gasteiger partial charge in [-0.1, -0.05) is 30.3 Å². The lowest BCUT2D eigenvalue weighted by Crippen LogP contribution is -2.51. The number of alkyl carbamates (subject to hydrolysis) is 1. The van der Waals surface area contributed by atoms with Gasteiger partial charge < -0.3 is 15.2 Å². The Morgan fingerprint density at radius 1 is 1.25 bits per heavy atom. The number of rotatable bonds is 4. The number of nitrogens with one attached hydrogen (secondary N) is 1. The number of aliphatic carboxylic acids is 1. The molecule has 20 heavy (non-hydrogen) atoms. The van der Waals surface area contributed by atoms with E-state index in [1.165, 1.54) is 0 Å². The second-order valence-corrected chi connectivity index (χ2v) is 5.78. The summed E-state index contributed by atoms with van der Waals surface area (Å²) >= 11 is 0. The van der Waals surface area contributed by atoms with Crippen LogP contribution in [0.5, 0.6) is 0 Å². The molecule has 1 unspecified atom stereocenters. The molecule has 1 aromatic carbocycles. The van der Waals surface area contributed by atoms with E-state index in [-0.39, 0.29) is 24.0 Å². The maximum absolute atomic E-state index is 11.8. The molecular formula is C15H17NO4. The number of amides is 1. The molecule has 0 heterocycles. The lowest BCUT2D eigenvalue weighted by Gasteiger charge is -2.38. The Hall–Kier alpha value is -2.04. The highest BCUT2D eigenvalue weighted by Crippen LogP contribution is 2.55. The lowest BCUT2D eigenvalue weighted by atomic mass is 9.76. The molecule has 2 bridgehead atoms. The van der Waals surface area contributed by atoms with Crippen LogP contribution in [0.1, 0.15) is 24.8 Å². The van der Waals surface area contributed by atoms with E-state index >= 15 is 0 Å². The molecule has 1 atom stereocenters.